The first-order chi connectivity index (χ1) is 11.0. The molecule has 2 rings (SSSR count). The summed E-state index contributed by atoms with van der Waals surface area (Å²) < 4.78 is 5.83. The van der Waals surface area contributed by atoms with Crippen LogP contribution >= 0.6 is 12.4 Å². The van der Waals surface area contributed by atoms with E-state index in [0.717, 1.165) is 55.3 Å². The van der Waals surface area contributed by atoms with E-state index >= 15 is 0 Å². The zero-order valence-corrected chi connectivity index (χ0v) is 16.2. The van der Waals surface area contributed by atoms with Crippen molar-refractivity contribution in [2.75, 3.05) is 33.3 Å². The summed E-state index contributed by atoms with van der Waals surface area (Å²) in [6.45, 7) is 9.08. The van der Waals surface area contributed by atoms with Crippen LogP contribution in [0.15, 0.2) is 12.1 Å². The molecule has 0 aliphatic carbocycles. The first-order valence-electron chi connectivity index (χ1n) is 8.64. The van der Waals surface area contributed by atoms with E-state index in [1.54, 1.807) is 0 Å². The van der Waals surface area contributed by atoms with Gasteiger partial charge in [0.2, 0.25) is 0 Å². The van der Waals surface area contributed by atoms with E-state index in [-0.39, 0.29) is 24.9 Å². The van der Waals surface area contributed by atoms with Crippen LogP contribution in [0.4, 0.5) is 0 Å². The quantitative estimate of drug-likeness (QED) is 0.852. The van der Waals surface area contributed by atoms with Gasteiger partial charge in [-0.3, -0.25) is 4.79 Å². The van der Waals surface area contributed by atoms with Gasteiger partial charge in [0.05, 0.1) is 0 Å². The van der Waals surface area contributed by atoms with Crippen LogP contribution in [0.2, 0.25) is 0 Å². The van der Waals surface area contributed by atoms with Gasteiger partial charge in [0.1, 0.15) is 5.75 Å². The van der Waals surface area contributed by atoms with Crippen LogP contribution < -0.4 is 10.1 Å². The van der Waals surface area contributed by atoms with Gasteiger partial charge in [-0.2, -0.15) is 0 Å². The molecule has 0 bridgehead atoms. The third-order valence-corrected chi connectivity index (χ3v) is 4.71. The van der Waals surface area contributed by atoms with Crippen molar-refractivity contribution in [3.63, 3.8) is 0 Å². The Morgan fingerprint density at radius 1 is 1.21 bits per heavy atom. The molecule has 4 nitrogen and oxygen atoms in total. The number of halogens is 1. The average Bonchev–Trinajstić information content (AvgIpc) is 2.52. The number of carbonyl (C=O) groups excluding carboxylic acids is 1. The lowest BCUT2D eigenvalue weighted by Gasteiger charge is -2.32. The topological polar surface area (TPSA) is 41.6 Å². The fraction of sp³-hybridized carbons (Fsp3) is 0.632. The van der Waals surface area contributed by atoms with Crippen molar-refractivity contribution in [1.29, 1.82) is 0 Å². The Hall–Kier alpha value is -1.26. The number of likely N-dealkylation sites (tertiary alicyclic amines) is 1. The smallest absolute Gasteiger partial charge is 0.260 e. The third kappa shape index (κ3) is 5.67. The number of nitrogens with zero attached hydrogens (tertiary/aromatic N) is 1. The molecule has 1 fully saturated rings. The van der Waals surface area contributed by atoms with E-state index in [0.29, 0.717) is 0 Å². The number of piperidine rings is 1. The number of hydrogen-bond acceptors (Lipinski definition) is 3. The molecule has 0 spiro atoms. The van der Waals surface area contributed by atoms with E-state index in [9.17, 15) is 4.79 Å². The molecule has 1 heterocycles. The highest BCUT2D eigenvalue weighted by Gasteiger charge is 2.23. The van der Waals surface area contributed by atoms with Crippen LogP contribution in [-0.4, -0.2) is 44.1 Å². The summed E-state index contributed by atoms with van der Waals surface area (Å²) in [4.78, 5) is 14.3. The van der Waals surface area contributed by atoms with Gasteiger partial charge in [-0.05, 0) is 70.7 Å². The summed E-state index contributed by atoms with van der Waals surface area (Å²) in [6, 6.07) is 4.19. The van der Waals surface area contributed by atoms with Gasteiger partial charge in [-0.1, -0.05) is 17.7 Å². The normalized spacial score (nSPS) is 15.1. The van der Waals surface area contributed by atoms with Crippen molar-refractivity contribution in [3.05, 3.63) is 28.8 Å². The Morgan fingerprint density at radius 2 is 1.79 bits per heavy atom. The molecule has 1 aromatic rings. The van der Waals surface area contributed by atoms with Crippen molar-refractivity contribution < 1.29 is 9.53 Å². The number of aryl methyl sites for hydroxylation is 3. The highest BCUT2D eigenvalue weighted by atomic mass is 35.5. The molecule has 5 heteroatoms. The molecule has 1 aliphatic rings. The largest absolute Gasteiger partial charge is 0.483 e. The summed E-state index contributed by atoms with van der Waals surface area (Å²) >= 11 is 0. The fourth-order valence-electron chi connectivity index (χ4n) is 3.44. The second kappa shape index (κ2) is 9.90. The summed E-state index contributed by atoms with van der Waals surface area (Å²) in [6.07, 6.45) is 3.42. The third-order valence-electron chi connectivity index (χ3n) is 4.71. The molecule has 1 saturated heterocycles. The van der Waals surface area contributed by atoms with E-state index in [2.05, 4.69) is 24.4 Å². The lowest BCUT2D eigenvalue weighted by Crippen LogP contribution is -2.41. The zero-order chi connectivity index (χ0) is 16.8. The van der Waals surface area contributed by atoms with E-state index < -0.39 is 0 Å². The highest BCUT2D eigenvalue weighted by Crippen LogP contribution is 2.25. The molecule has 1 aliphatic heterocycles. The van der Waals surface area contributed by atoms with Gasteiger partial charge in [0.25, 0.3) is 5.91 Å². The Bertz CT molecular complexity index is 517. The number of hydrogen-bond donors (Lipinski definition) is 1. The van der Waals surface area contributed by atoms with Crippen LogP contribution in [0.5, 0.6) is 5.75 Å². The van der Waals surface area contributed by atoms with Crippen LogP contribution in [-0.2, 0) is 4.79 Å². The second-order valence-corrected chi connectivity index (χ2v) is 6.73. The maximum Gasteiger partial charge on any atom is 0.260 e. The van der Waals surface area contributed by atoms with Crippen molar-refractivity contribution in [2.45, 2.75) is 40.0 Å². The van der Waals surface area contributed by atoms with Crippen molar-refractivity contribution >= 4 is 18.3 Å². The van der Waals surface area contributed by atoms with Crippen LogP contribution in [0.25, 0.3) is 0 Å². The summed E-state index contributed by atoms with van der Waals surface area (Å²) in [7, 11) is 1.99. The van der Waals surface area contributed by atoms with Gasteiger partial charge in [0, 0.05) is 13.1 Å². The molecule has 24 heavy (non-hydrogen) atoms. The molecule has 0 saturated carbocycles. The first kappa shape index (κ1) is 20.8. The van der Waals surface area contributed by atoms with Crippen molar-refractivity contribution in [1.82, 2.24) is 10.2 Å². The van der Waals surface area contributed by atoms with Gasteiger partial charge >= 0.3 is 0 Å². The Labute approximate surface area is 152 Å². The predicted molar refractivity (Wildman–Crippen MR) is 101 cm³/mol. The molecule has 1 N–H and O–H groups in total. The van der Waals surface area contributed by atoms with E-state index in [1.807, 2.05) is 25.8 Å². The minimum atomic E-state index is 0. The van der Waals surface area contributed by atoms with Crippen LogP contribution in [0, 0.1) is 26.7 Å². The molecule has 0 atom stereocenters. The number of amides is 1. The minimum Gasteiger partial charge on any atom is -0.483 e. The summed E-state index contributed by atoms with van der Waals surface area (Å²) in [5.74, 6) is 1.71. The monoisotopic (exact) mass is 354 g/mol. The molecule has 0 aromatic heterocycles. The molecule has 0 unspecified atom stereocenters. The molecule has 0 radical (unpaired) electrons. The summed E-state index contributed by atoms with van der Waals surface area (Å²) in [5.41, 5.74) is 3.42. The first-order valence-corrected chi connectivity index (χ1v) is 8.64. The highest BCUT2D eigenvalue weighted by molar-refractivity contribution is 5.85. The predicted octanol–water partition coefficient (Wildman–Crippen LogP) is 3.26. The molecule has 1 aromatic carbocycles. The summed E-state index contributed by atoms with van der Waals surface area (Å²) in [5, 5.41) is 3.20. The van der Waals surface area contributed by atoms with E-state index in [1.165, 1.54) is 12.0 Å². The van der Waals surface area contributed by atoms with Gasteiger partial charge in [-0.15, -0.1) is 12.4 Å². The van der Waals surface area contributed by atoms with Crippen LogP contribution in [0.3, 0.4) is 0 Å². The number of rotatable bonds is 6. The number of carbonyl (C=O) groups is 1. The second-order valence-electron chi connectivity index (χ2n) is 6.73. The number of ether oxygens (including phenoxy) is 1. The SMILES string of the molecule is CNCCC1CCN(C(=O)COc2c(C)cc(C)cc2C)CC1.Cl. The van der Waals surface area contributed by atoms with Crippen molar-refractivity contribution in [2.24, 2.45) is 5.92 Å². The van der Waals surface area contributed by atoms with Gasteiger partial charge in [0.15, 0.2) is 6.61 Å². The maximum absolute atomic E-state index is 12.4. The lowest BCUT2D eigenvalue weighted by atomic mass is 9.93. The standard InChI is InChI=1S/C19H30N2O2.ClH/c1-14-11-15(2)19(16(3)12-14)23-13-18(22)21-9-6-17(7-10-21)5-8-20-4;/h11-12,17,20H,5-10,13H2,1-4H3;1H. The van der Waals surface area contributed by atoms with Crippen molar-refractivity contribution in [3.8, 4) is 5.75 Å². The fourth-order valence-corrected chi connectivity index (χ4v) is 3.44. The molecule has 136 valence electrons. The maximum atomic E-state index is 12.4. The Morgan fingerprint density at radius 3 is 2.33 bits per heavy atom. The van der Waals surface area contributed by atoms with Crippen LogP contribution in [0.1, 0.15) is 36.0 Å². The van der Waals surface area contributed by atoms with Gasteiger partial charge < -0.3 is 15.0 Å². The minimum absolute atomic E-state index is 0. The number of benzene rings is 1. The lowest BCUT2D eigenvalue weighted by molar-refractivity contribution is -0.134. The zero-order valence-electron chi connectivity index (χ0n) is 15.4. The average molecular weight is 355 g/mol. The van der Waals surface area contributed by atoms with E-state index in [4.69, 9.17) is 4.74 Å². The Balaban J connectivity index is 0.00000288. The molecular weight excluding hydrogens is 324 g/mol. The number of nitrogens with one attached hydrogen (secondary N) is 1. The molecular formula is C19H31ClN2O2. The molecule has 1 amide bonds. The Kier molecular flexibility index (Phi) is 8.57. The van der Waals surface area contributed by atoms with Gasteiger partial charge in [-0.25, -0.2) is 0 Å².